The van der Waals surface area contributed by atoms with E-state index in [0.717, 1.165) is 45.6 Å². The number of hydrogen-bond acceptors (Lipinski definition) is 7. The van der Waals surface area contributed by atoms with Gasteiger partial charge in [0, 0.05) is 17.9 Å². The predicted molar refractivity (Wildman–Crippen MR) is 140 cm³/mol. The number of benzene rings is 1. The minimum Gasteiger partial charge on any atom is -0.457 e. The maximum absolute atomic E-state index is 12.8. The monoisotopic (exact) mass is 524 g/mol. The van der Waals surface area contributed by atoms with Crippen LogP contribution in [0.1, 0.15) is 60.4 Å². The molecule has 9 heteroatoms. The van der Waals surface area contributed by atoms with Crippen molar-refractivity contribution in [3.05, 3.63) is 74.5 Å². The molecule has 0 fully saturated rings. The largest absolute Gasteiger partial charge is 0.519 e. The lowest BCUT2D eigenvalue weighted by Gasteiger charge is -2.24. The molecular formula is C26H34Cl2N2O5. The fraction of sp³-hybridized carbons (Fsp3) is 0.423. The molecule has 0 radical (unpaired) electrons. The molecule has 2 heterocycles. The minimum atomic E-state index is -0.817. The first-order valence-electron chi connectivity index (χ1n) is 11.0. The van der Waals surface area contributed by atoms with E-state index in [1.165, 1.54) is 0 Å². The molecule has 35 heavy (non-hydrogen) atoms. The molecule has 0 spiro atoms. The molecule has 0 aliphatic carbocycles. The van der Waals surface area contributed by atoms with Crippen molar-refractivity contribution in [1.82, 2.24) is 4.98 Å². The topological polar surface area (TPSA) is 109 Å². The van der Waals surface area contributed by atoms with Crippen LogP contribution < -0.4 is 11.6 Å². The van der Waals surface area contributed by atoms with Crippen LogP contribution in [-0.4, -0.2) is 11.0 Å². The molecule has 0 unspecified atom stereocenters. The van der Waals surface area contributed by atoms with Crippen LogP contribution in [0.5, 0.6) is 0 Å². The Labute approximate surface area is 218 Å². The second kappa shape index (κ2) is 12.4. The fourth-order valence-electron chi connectivity index (χ4n) is 3.85. The van der Waals surface area contributed by atoms with Crippen molar-refractivity contribution in [2.75, 3.05) is 0 Å². The van der Waals surface area contributed by atoms with Crippen LogP contribution >= 0.6 is 24.8 Å². The standard InChI is InChI=1S/C26H32N2O5.2ClH/c1-15-7-9-18(10-8-15)24-19(11-23(29)31-14-22-17(3)32-25(30)33-22)16(2)28-21(20(24)13-27)12-26(4,5)6;;/h7-10H,11-14,27H2,1-6H3;2*1H. The van der Waals surface area contributed by atoms with Gasteiger partial charge in [-0.2, -0.15) is 0 Å². The lowest BCUT2D eigenvalue weighted by molar-refractivity contribution is -0.144. The van der Waals surface area contributed by atoms with Crippen molar-refractivity contribution >= 4 is 30.8 Å². The summed E-state index contributed by atoms with van der Waals surface area (Å²) in [5.74, 6) is -0.779. The van der Waals surface area contributed by atoms with Gasteiger partial charge in [0.25, 0.3) is 0 Å². The number of aromatic nitrogens is 1. The molecule has 0 atom stereocenters. The van der Waals surface area contributed by atoms with Crippen molar-refractivity contribution in [1.29, 1.82) is 0 Å². The maximum Gasteiger partial charge on any atom is 0.519 e. The van der Waals surface area contributed by atoms with E-state index < -0.39 is 11.8 Å². The molecule has 0 amide bonds. The van der Waals surface area contributed by atoms with Gasteiger partial charge in [-0.15, -0.1) is 24.8 Å². The average molecular weight is 525 g/mol. The number of rotatable bonds is 7. The van der Waals surface area contributed by atoms with Crippen molar-refractivity contribution in [2.24, 2.45) is 11.1 Å². The van der Waals surface area contributed by atoms with Crippen molar-refractivity contribution in [3.63, 3.8) is 0 Å². The van der Waals surface area contributed by atoms with E-state index in [0.29, 0.717) is 12.3 Å². The van der Waals surface area contributed by atoms with E-state index in [4.69, 9.17) is 24.3 Å². The van der Waals surface area contributed by atoms with Gasteiger partial charge in [-0.3, -0.25) is 9.78 Å². The highest BCUT2D eigenvalue weighted by Gasteiger charge is 2.24. The summed E-state index contributed by atoms with van der Waals surface area (Å²) < 4.78 is 15.1. The zero-order valence-electron chi connectivity index (χ0n) is 21.0. The van der Waals surface area contributed by atoms with E-state index in [-0.39, 0.29) is 49.0 Å². The lowest BCUT2D eigenvalue weighted by Crippen LogP contribution is -2.19. The van der Waals surface area contributed by atoms with E-state index >= 15 is 0 Å². The number of nitrogens with two attached hydrogens (primary N) is 1. The molecule has 192 valence electrons. The van der Waals surface area contributed by atoms with E-state index in [9.17, 15) is 9.59 Å². The number of ether oxygens (including phenoxy) is 1. The van der Waals surface area contributed by atoms with Gasteiger partial charge < -0.3 is 19.3 Å². The SMILES string of the molecule is Cc1ccc(-c2c(CC(=O)OCc3oc(=O)oc3C)c(C)nc(CC(C)(C)C)c2CN)cc1.Cl.Cl. The zero-order valence-corrected chi connectivity index (χ0v) is 22.7. The highest BCUT2D eigenvalue weighted by molar-refractivity contribution is 5.85. The van der Waals surface area contributed by atoms with Crippen molar-refractivity contribution in [2.45, 2.75) is 67.5 Å². The lowest BCUT2D eigenvalue weighted by atomic mass is 9.84. The smallest absolute Gasteiger partial charge is 0.457 e. The number of esters is 1. The van der Waals surface area contributed by atoms with Crippen LogP contribution in [0.3, 0.4) is 0 Å². The molecule has 0 bridgehead atoms. The van der Waals surface area contributed by atoms with Crippen molar-refractivity contribution in [3.8, 4) is 11.1 Å². The molecule has 3 aromatic rings. The van der Waals surface area contributed by atoms with Crippen LogP contribution in [-0.2, 0) is 35.5 Å². The molecule has 0 aliphatic rings. The first-order valence-corrected chi connectivity index (χ1v) is 11.0. The average Bonchev–Trinajstić information content (AvgIpc) is 3.04. The zero-order chi connectivity index (χ0) is 24.3. The van der Waals surface area contributed by atoms with Gasteiger partial charge in [-0.1, -0.05) is 50.6 Å². The molecule has 2 aromatic heterocycles. The number of carbonyl (C=O) groups is 1. The molecule has 0 saturated heterocycles. The Morgan fingerprint density at radius 2 is 1.66 bits per heavy atom. The number of pyridine rings is 1. The third kappa shape index (κ3) is 7.69. The quantitative estimate of drug-likeness (QED) is 0.412. The van der Waals surface area contributed by atoms with Gasteiger partial charge in [0.2, 0.25) is 0 Å². The Morgan fingerprint density at radius 3 is 2.17 bits per heavy atom. The molecular weight excluding hydrogens is 491 g/mol. The number of carbonyl (C=O) groups excluding carboxylic acids is 1. The van der Waals surface area contributed by atoms with Crippen LogP contribution in [0, 0.1) is 26.2 Å². The van der Waals surface area contributed by atoms with Gasteiger partial charge in [-0.05, 0) is 54.9 Å². The van der Waals surface area contributed by atoms with Gasteiger partial charge >= 0.3 is 11.8 Å². The number of halogens is 2. The number of aryl methyl sites for hydroxylation is 3. The highest BCUT2D eigenvalue weighted by Crippen LogP contribution is 2.34. The summed E-state index contributed by atoms with van der Waals surface area (Å²) in [5.41, 5.74) is 12.8. The van der Waals surface area contributed by atoms with Gasteiger partial charge in [0.05, 0.1) is 6.42 Å². The molecule has 7 nitrogen and oxygen atoms in total. The van der Waals surface area contributed by atoms with Gasteiger partial charge in [0.15, 0.2) is 18.1 Å². The van der Waals surface area contributed by atoms with Gasteiger partial charge in [0.1, 0.15) is 0 Å². The molecule has 1 aromatic carbocycles. The third-order valence-electron chi connectivity index (χ3n) is 5.45. The first kappa shape index (κ1) is 30.4. The summed E-state index contributed by atoms with van der Waals surface area (Å²) in [6, 6.07) is 8.17. The van der Waals surface area contributed by atoms with Crippen LogP contribution in [0.2, 0.25) is 0 Å². The molecule has 0 aliphatic heterocycles. The second-order valence-electron chi connectivity index (χ2n) is 9.55. The van der Waals surface area contributed by atoms with E-state index in [1.54, 1.807) is 6.92 Å². The van der Waals surface area contributed by atoms with Gasteiger partial charge in [-0.25, -0.2) is 4.79 Å². The molecule has 0 saturated carbocycles. The Kier molecular flexibility index (Phi) is 10.8. The van der Waals surface area contributed by atoms with Crippen LogP contribution in [0.4, 0.5) is 0 Å². The van der Waals surface area contributed by atoms with E-state index in [1.807, 2.05) is 38.1 Å². The van der Waals surface area contributed by atoms with E-state index in [2.05, 4.69) is 20.8 Å². The molecule has 3 rings (SSSR count). The van der Waals surface area contributed by atoms with Crippen LogP contribution in [0.15, 0.2) is 37.9 Å². The van der Waals surface area contributed by atoms with Crippen molar-refractivity contribution < 1.29 is 18.4 Å². The summed E-state index contributed by atoms with van der Waals surface area (Å²) in [7, 11) is 0. The second-order valence-corrected chi connectivity index (χ2v) is 9.55. The number of nitrogens with zero attached hydrogens (tertiary/aromatic N) is 1. The predicted octanol–water partition coefficient (Wildman–Crippen LogP) is 5.40. The molecule has 2 N–H and O–H groups in total. The minimum absolute atomic E-state index is 0. The Bertz CT molecular complexity index is 1210. The van der Waals surface area contributed by atoms with Crippen LogP contribution in [0.25, 0.3) is 11.1 Å². The Balaban J connectivity index is 0.00000306. The highest BCUT2D eigenvalue weighted by atomic mass is 35.5. The first-order chi connectivity index (χ1) is 15.5. The fourth-order valence-corrected chi connectivity index (χ4v) is 3.85. The summed E-state index contributed by atoms with van der Waals surface area (Å²) in [6.07, 6.45) is 0.786. The Morgan fingerprint density at radius 1 is 1.03 bits per heavy atom. The Hall–Kier alpha value is -2.61. The summed E-state index contributed by atoms with van der Waals surface area (Å²) in [6.45, 7) is 12.2. The summed E-state index contributed by atoms with van der Waals surface area (Å²) in [4.78, 5) is 28.9. The summed E-state index contributed by atoms with van der Waals surface area (Å²) in [5, 5.41) is 0. The normalized spacial score (nSPS) is 10.9. The number of hydrogen-bond donors (Lipinski definition) is 1. The third-order valence-corrected chi connectivity index (χ3v) is 5.45. The maximum atomic E-state index is 12.8. The summed E-state index contributed by atoms with van der Waals surface area (Å²) >= 11 is 0.